The molecular weight excluding hydrogens is 370 g/mol. The van der Waals surface area contributed by atoms with Crippen molar-refractivity contribution in [2.24, 2.45) is 0 Å². The molecule has 0 saturated carbocycles. The molecule has 1 aliphatic rings. The lowest BCUT2D eigenvalue weighted by Gasteiger charge is -2.13. The number of amides is 1. The van der Waals surface area contributed by atoms with Crippen molar-refractivity contribution in [3.8, 4) is 23.0 Å². The monoisotopic (exact) mass is 391 g/mol. The van der Waals surface area contributed by atoms with Gasteiger partial charge in [-0.2, -0.15) is 0 Å². The normalized spacial score (nSPS) is 12.9. The van der Waals surface area contributed by atoms with Gasteiger partial charge in [-0.15, -0.1) is 0 Å². The van der Waals surface area contributed by atoms with Gasteiger partial charge in [0.1, 0.15) is 0 Å². The van der Waals surface area contributed by atoms with Crippen LogP contribution in [0.5, 0.6) is 23.0 Å². The van der Waals surface area contributed by atoms with Gasteiger partial charge in [-0.05, 0) is 42.3 Å². The molecule has 0 unspecified atom stereocenters. The predicted octanol–water partition coefficient (Wildman–Crippen LogP) is 3.51. The summed E-state index contributed by atoms with van der Waals surface area (Å²) in [5.41, 5.74) is 1.88. The molecule has 0 aliphatic carbocycles. The fraction of sp³-hybridized carbons (Fsp3) is 0.350. The number of methoxy groups -OCH3 is 1. The summed E-state index contributed by atoms with van der Waals surface area (Å²) in [7, 11) is 1.57. The Morgan fingerprint density at radius 2 is 2.00 bits per heavy atom. The van der Waals surface area contributed by atoms with Crippen LogP contribution >= 0.6 is 11.6 Å². The number of benzene rings is 2. The van der Waals surface area contributed by atoms with E-state index in [9.17, 15) is 4.79 Å². The standard InChI is InChI=1S/C20H22ClNO5/c1-13-4-5-16(17(8-13)24-2)27-12-19(23)22-11-14-9-15(21)20-18(10-14)25-6-3-7-26-20/h4-5,8-10H,3,6-7,11-12H2,1-2H3,(H,22,23). The van der Waals surface area contributed by atoms with Crippen molar-refractivity contribution >= 4 is 17.5 Å². The van der Waals surface area contributed by atoms with E-state index in [2.05, 4.69) is 5.32 Å². The van der Waals surface area contributed by atoms with Gasteiger partial charge in [0.05, 0.1) is 25.3 Å². The molecular formula is C20H22ClNO5. The van der Waals surface area contributed by atoms with Crippen molar-refractivity contribution in [2.75, 3.05) is 26.9 Å². The summed E-state index contributed by atoms with van der Waals surface area (Å²) in [4.78, 5) is 12.1. The summed E-state index contributed by atoms with van der Waals surface area (Å²) in [6.45, 7) is 3.30. The van der Waals surface area contributed by atoms with Gasteiger partial charge in [-0.1, -0.05) is 17.7 Å². The van der Waals surface area contributed by atoms with Crippen LogP contribution in [0.2, 0.25) is 5.02 Å². The Bertz CT molecular complexity index is 824. The van der Waals surface area contributed by atoms with Gasteiger partial charge in [-0.25, -0.2) is 0 Å². The Labute approximate surface area is 163 Å². The average Bonchev–Trinajstić information content (AvgIpc) is 2.91. The first-order valence-corrected chi connectivity index (χ1v) is 9.07. The highest BCUT2D eigenvalue weighted by Crippen LogP contribution is 2.38. The Morgan fingerprint density at radius 3 is 2.81 bits per heavy atom. The molecule has 3 rings (SSSR count). The molecule has 144 valence electrons. The highest BCUT2D eigenvalue weighted by atomic mass is 35.5. The highest BCUT2D eigenvalue weighted by molar-refractivity contribution is 6.32. The van der Waals surface area contributed by atoms with Crippen molar-refractivity contribution in [3.05, 3.63) is 46.5 Å². The molecule has 0 bridgehead atoms. The first-order valence-electron chi connectivity index (χ1n) is 8.69. The van der Waals surface area contributed by atoms with Crippen LogP contribution in [0.4, 0.5) is 0 Å². The minimum Gasteiger partial charge on any atom is -0.493 e. The first-order chi connectivity index (χ1) is 13.1. The van der Waals surface area contributed by atoms with Crippen LogP contribution < -0.4 is 24.3 Å². The van der Waals surface area contributed by atoms with E-state index in [1.54, 1.807) is 19.2 Å². The zero-order chi connectivity index (χ0) is 19.2. The molecule has 1 aliphatic heterocycles. The molecule has 7 heteroatoms. The molecule has 27 heavy (non-hydrogen) atoms. The van der Waals surface area contributed by atoms with Crippen LogP contribution in [-0.4, -0.2) is 32.8 Å². The second-order valence-corrected chi connectivity index (χ2v) is 6.58. The number of hydrogen-bond donors (Lipinski definition) is 1. The number of carbonyl (C=O) groups is 1. The maximum Gasteiger partial charge on any atom is 0.258 e. The van der Waals surface area contributed by atoms with Gasteiger partial charge in [0.2, 0.25) is 0 Å². The smallest absolute Gasteiger partial charge is 0.258 e. The molecule has 0 radical (unpaired) electrons. The number of ether oxygens (including phenoxy) is 4. The molecule has 1 amide bonds. The van der Waals surface area contributed by atoms with Crippen molar-refractivity contribution in [3.63, 3.8) is 0 Å². The van der Waals surface area contributed by atoms with Crippen LogP contribution in [0, 0.1) is 6.92 Å². The third kappa shape index (κ3) is 4.98. The number of carbonyl (C=O) groups excluding carboxylic acids is 1. The summed E-state index contributed by atoms with van der Waals surface area (Å²) >= 11 is 6.27. The lowest BCUT2D eigenvalue weighted by atomic mass is 10.2. The molecule has 0 fully saturated rings. The summed E-state index contributed by atoms with van der Waals surface area (Å²) < 4.78 is 22.1. The van der Waals surface area contributed by atoms with Crippen molar-refractivity contribution in [1.29, 1.82) is 0 Å². The van der Waals surface area contributed by atoms with Crippen molar-refractivity contribution in [2.45, 2.75) is 19.9 Å². The van der Waals surface area contributed by atoms with Crippen LogP contribution in [-0.2, 0) is 11.3 Å². The van der Waals surface area contributed by atoms with E-state index in [4.69, 9.17) is 30.5 Å². The van der Waals surface area contributed by atoms with Gasteiger partial charge >= 0.3 is 0 Å². The topological polar surface area (TPSA) is 66.0 Å². The summed E-state index contributed by atoms with van der Waals surface area (Å²) in [6, 6.07) is 9.13. The fourth-order valence-electron chi connectivity index (χ4n) is 2.68. The number of hydrogen-bond acceptors (Lipinski definition) is 5. The minimum atomic E-state index is -0.249. The van der Waals surface area contributed by atoms with E-state index in [-0.39, 0.29) is 12.5 Å². The van der Waals surface area contributed by atoms with E-state index in [0.717, 1.165) is 17.5 Å². The van der Waals surface area contributed by atoms with E-state index >= 15 is 0 Å². The third-order valence-electron chi connectivity index (χ3n) is 4.03. The summed E-state index contributed by atoms with van der Waals surface area (Å²) in [5.74, 6) is 2.03. The van der Waals surface area contributed by atoms with E-state index < -0.39 is 0 Å². The molecule has 2 aromatic rings. The Balaban J connectivity index is 1.57. The lowest BCUT2D eigenvalue weighted by Crippen LogP contribution is -2.28. The molecule has 0 spiro atoms. The number of nitrogens with one attached hydrogen (secondary N) is 1. The number of halogens is 1. The quantitative estimate of drug-likeness (QED) is 0.816. The van der Waals surface area contributed by atoms with Gasteiger partial charge in [-0.3, -0.25) is 4.79 Å². The van der Waals surface area contributed by atoms with Crippen molar-refractivity contribution in [1.82, 2.24) is 5.32 Å². The number of rotatable bonds is 6. The SMILES string of the molecule is COc1cc(C)ccc1OCC(=O)NCc1cc(Cl)c2c(c1)OCCCO2. The van der Waals surface area contributed by atoms with Crippen molar-refractivity contribution < 1.29 is 23.7 Å². The second-order valence-electron chi connectivity index (χ2n) is 6.18. The average molecular weight is 392 g/mol. The highest BCUT2D eigenvalue weighted by Gasteiger charge is 2.16. The maximum absolute atomic E-state index is 12.1. The van der Waals surface area contributed by atoms with Gasteiger partial charge < -0.3 is 24.3 Å². The second kappa shape index (κ2) is 8.86. The minimum absolute atomic E-state index is 0.113. The van der Waals surface area contributed by atoms with Gasteiger partial charge in [0.15, 0.2) is 29.6 Å². The Kier molecular flexibility index (Phi) is 6.29. The third-order valence-corrected chi connectivity index (χ3v) is 4.31. The predicted molar refractivity (Wildman–Crippen MR) is 102 cm³/mol. The molecule has 0 aromatic heterocycles. The van der Waals surface area contributed by atoms with E-state index in [1.165, 1.54) is 0 Å². The summed E-state index contributed by atoms with van der Waals surface area (Å²) in [6.07, 6.45) is 0.802. The van der Waals surface area contributed by atoms with Crippen LogP contribution in [0.25, 0.3) is 0 Å². The largest absolute Gasteiger partial charge is 0.493 e. The summed E-state index contributed by atoms with van der Waals surface area (Å²) in [5, 5.41) is 3.28. The van der Waals surface area contributed by atoms with Crippen LogP contribution in [0.3, 0.4) is 0 Å². The Morgan fingerprint density at radius 1 is 1.19 bits per heavy atom. The van der Waals surface area contributed by atoms with E-state index in [0.29, 0.717) is 47.8 Å². The van der Waals surface area contributed by atoms with E-state index in [1.807, 2.05) is 25.1 Å². The molecule has 1 N–H and O–H groups in total. The maximum atomic E-state index is 12.1. The van der Waals surface area contributed by atoms with Crippen LogP contribution in [0.1, 0.15) is 17.5 Å². The van der Waals surface area contributed by atoms with Crippen LogP contribution in [0.15, 0.2) is 30.3 Å². The van der Waals surface area contributed by atoms with Gasteiger partial charge in [0.25, 0.3) is 5.91 Å². The Hall–Kier alpha value is -2.60. The zero-order valence-corrected chi connectivity index (χ0v) is 16.1. The molecule has 0 atom stereocenters. The van der Waals surface area contributed by atoms with Gasteiger partial charge in [0, 0.05) is 13.0 Å². The zero-order valence-electron chi connectivity index (χ0n) is 15.3. The molecule has 6 nitrogen and oxygen atoms in total. The fourth-order valence-corrected chi connectivity index (χ4v) is 2.96. The molecule has 1 heterocycles. The first kappa shape index (κ1) is 19.2. The lowest BCUT2D eigenvalue weighted by molar-refractivity contribution is -0.123. The molecule has 0 saturated heterocycles. The number of fused-ring (bicyclic) bond motifs is 1. The number of aryl methyl sites for hydroxylation is 1. The molecule has 2 aromatic carbocycles.